The lowest BCUT2D eigenvalue weighted by Gasteiger charge is -2.33. The van der Waals surface area contributed by atoms with E-state index in [2.05, 4.69) is 9.47 Å². The molecule has 0 saturated carbocycles. The van der Waals surface area contributed by atoms with E-state index in [1.165, 1.54) is 13.8 Å². The molecule has 0 saturated heterocycles. The highest BCUT2D eigenvalue weighted by Gasteiger charge is 2.41. The Labute approximate surface area is 147 Å². The van der Waals surface area contributed by atoms with Crippen molar-refractivity contribution in [2.75, 3.05) is 14.2 Å². The molecule has 0 aromatic heterocycles. The van der Waals surface area contributed by atoms with E-state index in [0.717, 1.165) is 14.2 Å². The first kappa shape index (κ1) is 23.6. The summed E-state index contributed by atoms with van der Waals surface area (Å²) in [6.07, 6.45) is -4.71. The zero-order valence-electron chi connectivity index (χ0n) is 15.8. The Morgan fingerprint density at radius 3 is 1.48 bits per heavy atom. The second kappa shape index (κ2) is 9.96. The summed E-state index contributed by atoms with van der Waals surface area (Å²) >= 11 is 0. The highest BCUT2D eigenvalue weighted by molar-refractivity contribution is 7.48. The van der Waals surface area contributed by atoms with E-state index in [9.17, 15) is 14.2 Å². The van der Waals surface area contributed by atoms with Crippen molar-refractivity contribution in [2.45, 2.75) is 59.7 Å². The molecular weight excluding hydrogens is 359 g/mol. The topological polar surface area (TPSA) is 116 Å². The number of hydrogen-bond acceptors (Lipinski definition) is 10. The van der Waals surface area contributed by atoms with Crippen molar-refractivity contribution < 1.29 is 46.7 Å². The fourth-order valence-corrected chi connectivity index (χ4v) is 2.97. The van der Waals surface area contributed by atoms with Crippen LogP contribution in [0.15, 0.2) is 0 Å². The highest BCUT2D eigenvalue weighted by atomic mass is 31.2. The maximum Gasteiger partial charge on any atom is 0.510 e. The molecule has 0 N–H and O–H groups in total. The lowest BCUT2D eigenvalue weighted by molar-refractivity contribution is -0.113. The molecule has 10 nitrogen and oxygen atoms in total. The SMILES string of the molecule is COC(=O)OC(C)OP(=O)(OC(C)OC(=O)OC)OC(C)(C)C(C)C. The predicted octanol–water partition coefficient (Wildman–Crippen LogP) is 3.84. The van der Waals surface area contributed by atoms with Crippen molar-refractivity contribution in [2.24, 2.45) is 5.92 Å². The summed E-state index contributed by atoms with van der Waals surface area (Å²) in [6, 6.07) is 0. The van der Waals surface area contributed by atoms with E-state index in [0.29, 0.717) is 0 Å². The van der Waals surface area contributed by atoms with Gasteiger partial charge in [-0.05, 0) is 33.6 Å². The molecule has 0 aliphatic carbocycles. The Morgan fingerprint density at radius 1 is 0.840 bits per heavy atom. The monoisotopic (exact) mass is 386 g/mol. The van der Waals surface area contributed by atoms with Gasteiger partial charge in [0.15, 0.2) is 0 Å². The van der Waals surface area contributed by atoms with E-state index >= 15 is 0 Å². The lowest BCUT2D eigenvalue weighted by Crippen LogP contribution is -2.32. The van der Waals surface area contributed by atoms with Crippen LogP contribution in [-0.4, -0.2) is 44.7 Å². The minimum atomic E-state index is -4.31. The number of phosphoric acid groups is 1. The predicted molar refractivity (Wildman–Crippen MR) is 85.7 cm³/mol. The van der Waals surface area contributed by atoms with Gasteiger partial charge < -0.3 is 18.9 Å². The van der Waals surface area contributed by atoms with E-state index < -0.39 is 38.3 Å². The van der Waals surface area contributed by atoms with Gasteiger partial charge in [-0.3, -0.25) is 4.52 Å². The number of phosphoric ester groups is 1. The van der Waals surface area contributed by atoms with Crippen LogP contribution in [0.4, 0.5) is 9.59 Å². The maximum absolute atomic E-state index is 13.0. The summed E-state index contributed by atoms with van der Waals surface area (Å²) in [6.45, 7) is 9.62. The first-order valence-electron chi connectivity index (χ1n) is 7.52. The Balaban J connectivity index is 5.24. The van der Waals surface area contributed by atoms with E-state index in [-0.39, 0.29) is 5.92 Å². The molecule has 2 unspecified atom stereocenters. The number of carbonyl (C=O) groups is 2. The zero-order valence-corrected chi connectivity index (χ0v) is 16.7. The Bertz CT molecular complexity index is 460. The first-order chi connectivity index (χ1) is 11.3. The number of hydrogen-bond donors (Lipinski definition) is 0. The molecule has 0 heterocycles. The molecule has 0 amide bonds. The van der Waals surface area contributed by atoms with Gasteiger partial charge in [-0.15, -0.1) is 0 Å². The van der Waals surface area contributed by atoms with Gasteiger partial charge in [-0.2, -0.15) is 0 Å². The summed E-state index contributed by atoms with van der Waals surface area (Å²) in [5.41, 5.74) is -0.925. The first-order valence-corrected chi connectivity index (χ1v) is 8.98. The number of ether oxygens (including phenoxy) is 4. The standard InChI is InChI=1S/C14H27O10P/c1-9(2)14(5,6)24-25(17,22-10(3)20-12(15)18-7)23-11(4)21-13(16)19-8/h9-11H,1-8H3. The number of methoxy groups -OCH3 is 2. The molecule has 0 aromatic carbocycles. The zero-order chi connectivity index (χ0) is 19.8. The van der Waals surface area contributed by atoms with Crippen LogP contribution in [0.5, 0.6) is 0 Å². The fraction of sp³-hybridized carbons (Fsp3) is 0.857. The van der Waals surface area contributed by atoms with Crippen LogP contribution in [0.25, 0.3) is 0 Å². The van der Waals surface area contributed by atoms with Crippen molar-refractivity contribution in [1.82, 2.24) is 0 Å². The maximum atomic E-state index is 13.0. The molecule has 0 aliphatic heterocycles. The molecule has 11 heteroatoms. The van der Waals surface area contributed by atoms with Crippen molar-refractivity contribution in [3.05, 3.63) is 0 Å². The van der Waals surface area contributed by atoms with Crippen molar-refractivity contribution >= 4 is 20.1 Å². The number of rotatable bonds is 9. The smallest absolute Gasteiger partial charge is 0.438 e. The second-order valence-electron chi connectivity index (χ2n) is 5.79. The largest absolute Gasteiger partial charge is 0.510 e. The minimum absolute atomic E-state index is 0.0679. The molecule has 0 radical (unpaired) electrons. The molecule has 0 rings (SSSR count). The van der Waals surface area contributed by atoms with Crippen molar-refractivity contribution in [3.8, 4) is 0 Å². The van der Waals surface area contributed by atoms with Crippen LogP contribution < -0.4 is 0 Å². The summed E-state index contributed by atoms with van der Waals surface area (Å²) in [5.74, 6) is -0.0679. The van der Waals surface area contributed by atoms with Gasteiger partial charge >= 0.3 is 20.1 Å². The third-order valence-electron chi connectivity index (χ3n) is 3.15. The van der Waals surface area contributed by atoms with Crippen LogP contribution in [-0.2, 0) is 37.1 Å². The minimum Gasteiger partial charge on any atom is -0.438 e. The van der Waals surface area contributed by atoms with E-state index in [4.69, 9.17) is 23.0 Å². The molecule has 0 aliphatic rings. The summed E-state index contributed by atoms with van der Waals surface area (Å²) < 4.78 is 46.8. The van der Waals surface area contributed by atoms with Gasteiger partial charge in [0.1, 0.15) is 0 Å². The van der Waals surface area contributed by atoms with Crippen molar-refractivity contribution in [3.63, 3.8) is 0 Å². The van der Waals surface area contributed by atoms with Crippen LogP contribution in [0.3, 0.4) is 0 Å². The molecule has 0 aromatic rings. The summed E-state index contributed by atoms with van der Waals surface area (Å²) in [7, 11) is -2.09. The average molecular weight is 386 g/mol. The molecule has 0 spiro atoms. The summed E-state index contributed by atoms with van der Waals surface area (Å²) in [5, 5.41) is 0. The fourth-order valence-electron chi connectivity index (χ4n) is 1.24. The van der Waals surface area contributed by atoms with Crippen molar-refractivity contribution in [1.29, 1.82) is 0 Å². The van der Waals surface area contributed by atoms with Crippen LogP contribution in [0.2, 0.25) is 0 Å². The molecular formula is C14H27O10P. The van der Waals surface area contributed by atoms with Gasteiger partial charge in [0.2, 0.25) is 12.6 Å². The van der Waals surface area contributed by atoms with Gasteiger partial charge in [0.25, 0.3) is 0 Å². The van der Waals surface area contributed by atoms with Crippen LogP contribution in [0.1, 0.15) is 41.5 Å². The highest BCUT2D eigenvalue weighted by Crippen LogP contribution is 2.55. The van der Waals surface area contributed by atoms with Gasteiger partial charge in [-0.25, -0.2) is 23.2 Å². The molecule has 0 fully saturated rings. The molecule has 25 heavy (non-hydrogen) atoms. The molecule has 148 valence electrons. The Hall–Kier alpha value is -1.35. The Morgan fingerprint density at radius 2 is 1.20 bits per heavy atom. The van der Waals surface area contributed by atoms with Gasteiger partial charge in [0, 0.05) is 0 Å². The van der Waals surface area contributed by atoms with Gasteiger partial charge in [-0.1, -0.05) is 13.8 Å². The van der Waals surface area contributed by atoms with E-state index in [1.807, 2.05) is 13.8 Å². The third-order valence-corrected chi connectivity index (χ3v) is 4.95. The molecule has 2 atom stereocenters. The normalized spacial score (nSPS) is 16.5. The number of carbonyl (C=O) groups excluding carboxylic acids is 2. The Kier molecular flexibility index (Phi) is 9.42. The van der Waals surface area contributed by atoms with E-state index in [1.54, 1.807) is 13.8 Å². The van der Waals surface area contributed by atoms with Crippen LogP contribution >= 0.6 is 7.82 Å². The van der Waals surface area contributed by atoms with Crippen LogP contribution in [0, 0.1) is 5.92 Å². The third kappa shape index (κ3) is 9.06. The second-order valence-corrected chi connectivity index (χ2v) is 7.29. The average Bonchev–Trinajstić information content (AvgIpc) is 2.44. The molecule has 0 bridgehead atoms. The van der Waals surface area contributed by atoms with Gasteiger partial charge in [0.05, 0.1) is 19.8 Å². The summed E-state index contributed by atoms with van der Waals surface area (Å²) in [4.78, 5) is 22.3. The quantitative estimate of drug-likeness (QED) is 0.329. The lowest BCUT2D eigenvalue weighted by atomic mass is 9.95.